The van der Waals surface area contributed by atoms with Crippen LogP contribution in [0.15, 0.2) is 22.9 Å². The van der Waals surface area contributed by atoms with Crippen LogP contribution < -0.4 is 5.32 Å². The molecule has 17 heavy (non-hydrogen) atoms. The average Bonchev–Trinajstić information content (AvgIpc) is 2.81. The minimum absolute atomic E-state index is 0.231. The number of aromatic nitrogens is 3. The Morgan fingerprint density at radius 3 is 2.88 bits per heavy atom. The fraction of sp³-hybridized carbons (Fsp3) is 0.200. The number of thiazole rings is 1. The zero-order valence-electron chi connectivity index (χ0n) is 9.30. The second kappa shape index (κ2) is 5.24. The van der Waals surface area contributed by atoms with Gasteiger partial charge in [0.2, 0.25) is 0 Å². The summed E-state index contributed by atoms with van der Waals surface area (Å²) in [4.78, 5) is 24.2. The van der Waals surface area contributed by atoms with E-state index < -0.39 is 0 Å². The molecule has 0 bridgehead atoms. The Hall–Kier alpha value is -1.47. The van der Waals surface area contributed by atoms with E-state index in [9.17, 15) is 4.79 Å². The molecule has 0 fully saturated rings. The lowest BCUT2D eigenvalue weighted by Crippen LogP contribution is -2.14. The van der Waals surface area contributed by atoms with Gasteiger partial charge in [-0.05, 0) is 13.2 Å². The lowest BCUT2D eigenvalue weighted by molar-refractivity contribution is 0.102. The van der Waals surface area contributed by atoms with Crippen molar-refractivity contribution in [1.82, 2.24) is 15.0 Å². The molecule has 0 aliphatic heterocycles. The average molecular weight is 266 g/mol. The number of thioether (sulfide) groups is 1. The standard InChI is InChI=1S/C10H10N4OS2/c1-6-7(5-12-9(13-6)16-2)8(15)14-10-11-3-4-17-10/h3-5H,1-2H3,(H,11,14,15). The summed E-state index contributed by atoms with van der Waals surface area (Å²) in [5.41, 5.74) is 1.14. The van der Waals surface area contributed by atoms with Gasteiger partial charge < -0.3 is 0 Å². The van der Waals surface area contributed by atoms with Gasteiger partial charge in [0.25, 0.3) is 5.91 Å². The minimum atomic E-state index is -0.231. The van der Waals surface area contributed by atoms with E-state index in [0.717, 1.165) is 0 Å². The van der Waals surface area contributed by atoms with E-state index >= 15 is 0 Å². The topological polar surface area (TPSA) is 67.8 Å². The Morgan fingerprint density at radius 2 is 2.29 bits per heavy atom. The van der Waals surface area contributed by atoms with Crippen molar-refractivity contribution in [1.29, 1.82) is 0 Å². The maximum absolute atomic E-state index is 11.9. The maximum Gasteiger partial charge on any atom is 0.260 e. The normalized spacial score (nSPS) is 10.2. The van der Waals surface area contributed by atoms with Gasteiger partial charge in [-0.2, -0.15) is 0 Å². The summed E-state index contributed by atoms with van der Waals surface area (Å²) < 4.78 is 0. The number of carbonyl (C=O) groups excluding carboxylic acids is 1. The highest BCUT2D eigenvalue weighted by Gasteiger charge is 2.12. The summed E-state index contributed by atoms with van der Waals surface area (Å²) in [6, 6.07) is 0. The molecule has 5 nitrogen and oxygen atoms in total. The zero-order chi connectivity index (χ0) is 12.3. The van der Waals surface area contributed by atoms with Crippen LogP contribution in [0.5, 0.6) is 0 Å². The number of amides is 1. The quantitative estimate of drug-likeness (QED) is 0.681. The fourth-order valence-electron chi connectivity index (χ4n) is 1.22. The Balaban J connectivity index is 2.19. The van der Waals surface area contributed by atoms with Gasteiger partial charge in [0, 0.05) is 17.8 Å². The summed E-state index contributed by atoms with van der Waals surface area (Å²) in [7, 11) is 0. The van der Waals surface area contributed by atoms with Crippen LogP contribution in [0.25, 0.3) is 0 Å². The van der Waals surface area contributed by atoms with Gasteiger partial charge in [-0.15, -0.1) is 11.3 Å². The number of nitrogens with zero attached hydrogens (tertiary/aromatic N) is 3. The van der Waals surface area contributed by atoms with Gasteiger partial charge in [0.15, 0.2) is 10.3 Å². The number of hydrogen-bond acceptors (Lipinski definition) is 6. The maximum atomic E-state index is 11.9. The highest BCUT2D eigenvalue weighted by molar-refractivity contribution is 7.98. The monoisotopic (exact) mass is 266 g/mol. The van der Waals surface area contributed by atoms with Gasteiger partial charge in [-0.1, -0.05) is 11.8 Å². The summed E-state index contributed by atoms with van der Waals surface area (Å²) in [6.45, 7) is 1.79. The SMILES string of the molecule is CSc1ncc(C(=O)Nc2nccs2)c(C)n1. The van der Waals surface area contributed by atoms with Crippen LogP contribution in [0.2, 0.25) is 0 Å². The fourth-order valence-corrected chi connectivity index (χ4v) is 2.13. The molecule has 2 rings (SSSR count). The third-order valence-electron chi connectivity index (χ3n) is 2.04. The van der Waals surface area contributed by atoms with Crippen LogP contribution in [-0.2, 0) is 0 Å². The summed E-state index contributed by atoms with van der Waals surface area (Å²) >= 11 is 2.82. The molecule has 1 amide bonds. The van der Waals surface area contributed by atoms with Gasteiger partial charge in [0.1, 0.15) is 0 Å². The molecule has 0 saturated heterocycles. The second-order valence-electron chi connectivity index (χ2n) is 3.15. The zero-order valence-corrected chi connectivity index (χ0v) is 10.9. The molecule has 0 aliphatic rings. The van der Waals surface area contributed by atoms with Crippen LogP contribution in [0, 0.1) is 6.92 Å². The van der Waals surface area contributed by atoms with Crippen molar-refractivity contribution in [3.05, 3.63) is 29.0 Å². The van der Waals surface area contributed by atoms with E-state index in [2.05, 4.69) is 20.3 Å². The number of anilines is 1. The molecule has 7 heteroatoms. The van der Waals surface area contributed by atoms with Crippen LogP contribution in [-0.4, -0.2) is 27.1 Å². The first-order valence-corrected chi connectivity index (χ1v) is 6.89. The van der Waals surface area contributed by atoms with Crippen molar-refractivity contribution >= 4 is 34.1 Å². The van der Waals surface area contributed by atoms with Gasteiger partial charge >= 0.3 is 0 Å². The largest absolute Gasteiger partial charge is 0.298 e. The first-order valence-electron chi connectivity index (χ1n) is 4.79. The molecule has 2 aromatic rings. The van der Waals surface area contributed by atoms with E-state index in [0.29, 0.717) is 21.5 Å². The predicted octanol–water partition coefficient (Wildman–Crippen LogP) is 2.22. The molecule has 0 atom stereocenters. The van der Waals surface area contributed by atoms with Crippen molar-refractivity contribution in [3.8, 4) is 0 Å². The van der Waals surface area contributed by atoms with E-state index in [1.165, 1.54) is 29.3 Å². The van der Waals surface area contributed by atoms with Crippen LogP contribution in [0.1, 0.15) is 16.1 Å². The Bertz CT molecular complexity index is 527. The minimum Gasteiger partial charge on any atom is -0.298 e. The molecular weight excluding hydrogens is 256 g/mol. The van der Waals surface area contributed by atoms with Crippen LogP contribution in [0.4, 0.5) is 5.13 Å². The summed E-state index contributed by atoms with van der Waals surface area (Å²) in [6.07, 6.45) is 5.07. The van der Waals surface area contributed by atoms with Crippen molar-refractivity contribution in [3.63, 3.8) is 0 Å². The molecule has 0 aliphatic carbocycles. The molecule has 0 spiro atoms. The van der Waals surface area contributed by atoms with E-state index in [1.807, 2.05) is 6.26 Å². The van der Waals surface area contributed by atoms with Gasteiger partial charge in [0.05, 0.1) is 11.3 Å². The molecule has 2 heterocycles. The smallest absolute Gasteiger partial charge is 0.260 e. The molecule has 0 saturated carbocycles. The molecule has 2 aromatic heterocycles. The highest BCUT2D eigenvalue weighted by Crippen LogP contribution is 2.15. The second-order valence-corrected chi connectivity index (χ2v) is 4.82. The third kappa shape index (κ3) is 2.80. The van der Waals surface area contributed by atoms with Crippen molar-refractivity contribution < 1.29 is 4.79 Å². The first kappa shape index (κ1) is 12.0. The molecule has 1 N–H and O–H groups in total. The molecular formula is C10H10N4OS2. The van der Waals surface area contributed by atoms with E-state index in [-0.39, 0.29) is 5.91 Å². The van der Waals surface area contributed by atoms with Crippen LogP contribution in [0.3, 0.4) is 0 Å². The lowest BCUT2D eigenvalue weighted by Gasteiger charge is -2.05. The van der Waals surface area contributed by atoms with Crippen molar-refractivity contribution in [2.24, 2.45) is 0 Å². The van der Waals surface area contributed by atoms with E-state index in [1.54, 1.807) is 18.5 Å². The van der Waals surface area contributed by atoms with Gasteiger partial charge in [-0.25, -0.2) is 15.0 Å². The van der Waals surface area contributed by atoms with Crippen molar-refractivity contribution in [2.75, 3.05) is 11.6 Å². The third-order valence-corrected chi connectivity index (χ3v) is 3.29. The molecule has 0 unspecified atom stereocenters. The lowest BCUT2D eigenvalue weighted by atomic mass is 10.2. The number of rotatable bonds is 3. The molecule has 88 valence electrons. The number of nitrogens with one attached hydrogen (secondary N) is 1. The van der Waals surface area contributed by atoms with Gasteiger partial charge in [-0.3, -0.25) is 10.1 Å². The number of aryl methyl sites for hydroxylation is 1. The molecule has 0 radical (unpaired) electrons. The molecule has 0 aromatic carbocycles. The first-order chi connectivity index (χ1) is 8.20. The summed E-state index contributed by atoms with van der Waals surface area (Å²) in [5.74, 6) is -0.231. The Kier molecular flexibility index (Phi) is 3.70. The number of hydrogen-bond donors (Lipinski definition) is 1. The number of carbonyl (C=O) groups is 1. The summed E-state index contributed by atoms with van der Waals surface area (Å²) in [5, 5.41) is 5.73. The predicted molar refractivity (Wildman–Crippen MR) is 68.6 cm³/mol. The highest BCUT2D eigenvalue weighted by atomic mass is 32.2. The van der Waals surface area contributed by atoms with Crippen molar-refractivity contribution in [2.45, 2.75) is 12.1 Å². The van der Waals surface area contributed by atoms with Crippen LogP contribution >= 0.6 is 23.1 Å². The Labute approximate surface area is 107 Å². The Morgan fingerprint density at radius 1 is 1.47 bits per heavy atom. The van der Waals surface area contributed by atoms with E-state index in [4.69, 9.17) is 0 Å².